The summed E-state index contributed by atoms with van der Waals surface area (Å²) in [6.07, 6.45) is -3.86. The van der Waals surface area contributed by atoms with E-state index in [2.05, 4.69) is 20.6 Å². The molecular weight excluding hydrogens is 789 g/mol. The molecule has 19 heteroatoms. The standard InChI is InChI=1S/C39H48F4N6O8S/c1-37(2,3)30-34(51)49-18-20(16-27(49)32(50)47-38(17-24(38)31(40)41)35(52)48-58(54,55)21-11-12-21)56-33-29(44-25-9-4-5-10-26(25)45-33)39(42,43)13-7-6-8-22-23-14-19(23)15-28(22)57-36(53)46-30/h4-5,9-10,19-24,27-28,30-31H,6-8,11-18H2,1-3H3,(H,46,53)(H,47,50)(H,48,52)/t19-,20+,22+,23-,24?,27-,28+,30+,38+/m0/s1. The minimum Gasteiger partial charge on any atom is -0.471 e. The van der Waals surface area contributed by atoms with Gasteiger partial charge in [0, 0.05) is 12.8 Å². The van der Waals surface area contributed by atoms with Crippen molar-refractivity contribution in [2.24, 2.45) is 29.1 Å². The highest BCUT2D eigenvalue weighted by Gasteiger charge is 2.67. The van der Waals surface area contributed by atoms with Gasteiger partial charge in [0.15, 0.2) is 5.69 Å². The number of alkyl halides is 4. The summed E-state index contributed by atoms with van der Waals surface area (Å²) in [7, 11) is -4.19. The molecule has 1 aromatic carbocycles. The first-order valence-corrected chi connectivity index (χ1v) is 21.6. The summed E-state index contributed by atoms with van der Waals surface area (Å²) in [6.45, 7) is 4.65. The Bertz CT molecular complexity index is 2120. The molecule has 1 aromatic heterocycles. The predicted molar refractivity (Wildman–Crippen MR) is 198 cm³/mol. The first-order chi connectivity index (χ1) is 27.3. The second-order valence-electron chi connectivity index (χ2n) is 18.0. The summed E-state index contributed by atoms with van der Waals surface area (Å²) in [4.78, 5) is 65.7. The van der Waals surface area contributed by atoms with E-state index >= 15 is 8.78 Å². The van der Waals surface area contributed by atoms with Crippen molar-refractivity contribution in [3.63, 3.8) is 0 Å². The van der Waals surface area contributed by atoms with Gasteiger partial charge in [-0.3, -0.25) is 19.1 Å². The van der Waals surface area contributed by atoms with E-state index in [1.54, 1.807) is 45.0 Å². The second kappa shape index (κ2) is 14.5. The molecule has 58 heavy (non-hydrogen) atoms. The van der Waals surface area contributed by atoms with Gasteiger partial charge in [0.2, 0.25) is 34.1 Å². The van der Waals surface area contributed by atoms with Crippen molar-refractivity contribution in [3.8, 4) is 5.88 Å². The van der Waals surface area contributed by atoms with E-state index < -0.39 is 124 Å². The van der Waals surface area contributed by atoms with Crippen LogP contribution in [0.15, 0.2) is 24.3 Å². The summed E-state index contributed by atoms with van der Waals surface area (Å²) in [5.74, 6) is -8.29. The predicted octanol–water partition coefficient (Wildman–Crippen LogP) is 4.56. The molecular formula is C39H48F4N6O8S. The number of fused-ring (bicyclic) bond motifs is 7. The number of aromatic nitrogens is 2. The molecule has 3 N–H and O–H groups in total. The number of hydrogen-bond donors (Lipinski definition) is 3. The first kappa shape index (κ1) is 40.5. The minimum atomic E-state index is -4.19. The smallest absolute Gasteiger partial charge is 0.408 e. The number of nitrogens with zero attached hydrogens (tertiary/aromatic N) is 3. The fraction of sp³-hybridized carbons (Fsp3) is 0.692. The maximum Gasteiger partial charge on any atom is 0.408 e. The summed E-state index contributed by atoms with van der Waals surface area (Å²) < 4.78 is 100. The summed E-state index contributed by atoms with van der Waals surface area (Å²) in [6, 6.07) is 3.54. The largest absolute Gasteiger partial charge is 0.471 e. The normalized spacial score (nSPS) is 33.7. The van der Waals surface area contributed by atoms with E-state index in [0.717, 1.165) is 11.3 Å². The molecule has 3 heterocycles. The Kier molecular flexibility index (Phi) is 10.1. The van der Waals surface area contributed by atoms with Gasteiger partial charge in [0.05, 0.1) is 28.7 Å². The molecule has 5 fully saturated rings. The lowest BCUT2D eigenvalue weighted by Crippen LogP contribution is -2.60. The Morgan fingerprint density at radius 1 is 0.983 bits per heavy atom. The number of hydrogen-bond acceptors (Lipinski definition) is 10. The number of nitrogens with one attached hydrogen (secondary N) is 3. The van der Waals surface area contributed by atoms with Gasteiger partial charge in [-0.15, -0.1) is 0 Å². The molecule has 9 atom stereocenters. The average molecular weight is 837 g/mol. The van der Waals surface area contributed by atoms with Crippen molar-refractivity contribution in [2.45, 2.75) is 132 Å². The van der Waals surface area contributed by atoms with Gasteiger partial charge in [-0.05, 0) is 80.2 Å². The van der Waals surface area contributed by atoms with Crippen molar-refractivity contribution in [3.05, 3.63) is 30.0 Å². The van der Waals surface area contributed by atoms with Crippen LogP contribution in [0.25, 0.3) is 11.0 Å². The fourth-order valence-electron chi connectivity index (χ4n) is 9.18. The Morgan fingerprint density at radius 3 is 2.34 bits per heavy atom. The minimum absolute atomic E-state index is 0.0397. The molecule has 2 bridgehead atoms. The number of ether oxygens (including phenoxy) is 2. The highest BCUT2D eigenvalue weighted by Crippen LogP contribution is 2.58. The number of carbonyl (C=O) groups is 4. The fourth-order valence-corrected chi connectivity index (χ4v) is 10.5. The van der Waals surface area contributed by atoms with Crippen molar-refractivity contribution >= 4 is 44.9 Å². The van der Waals surface area contributed by atoms with Crippen LogP contribution < -0.4 is 20.1 Å². The molecule has 0 spiro atoms. The third-order valence-corrected chi connectivity index (χ3v) is 14.6. The first-order valence-electron chi connectivity index (χ1n) is 20.0. The number of alkyl carbamates (subject to hydrolysis) is 1. The van der Waals surface area contributed by atoms with Gasteiger partial charge >= 0.3 is 6.09 Å². The van der Waals surface area contributed by atoms with Crippen molar-refractivity contribution in [1.29, 1.82) is 0 Å². The van der Waals surface area contributed by atoms with Crippen LogP contribution in [0.3, 0.4) is 0 Å². The van der Waals surface area contributed by atoms with Crippen LogP contribution >= 0.6 is 0 Å². The van der Waals surface area contributed by atoms with Gasteiger partial charge in [-0.25, -0.2) is 32.0 Å². The third-order valence-electron chi connectivity index (χ3n) is 12.7. The summed E-state index contributed by atoms with van der Waals surface area (Å²) >= 11 is 0. The van der Waals surface area contributed by atoms with E-state index in [-0.39, 0.29) is 42.6 Å². The van der Waals surface area contributed by atoms with Crippen molar-refractivity contribution in [1.82, 2.24) is 30.2 Å². The van der Waals surface area contributed by atoms with Crippen LogP contribution in [0, 0.1) is 29.1 Å². The van der Waals surface area contributed by atoms with E-state index in [0.29, 0.717) is 31.1 Å². The molecule has 0 radical (unpaired) electrons. The molecule has 4 amide bonds. The zero-order valence-electron chi connectivity index (χ0n) is 32.4. The summed E-state index contributed by atoms with van der Waals surface area (Å²) in [5.41, 5.74) is -3.56. The van der Waals surface area contributed by atoms with E-state index in [1.165, 1.54) is 0 Å². The molecule has 8 rings (SSSR count). The van der Waals surface area contributed by atoms with Crippen LogP contribution in [-0.4, -0.2) is 95.2 Å². The number of para-hydroxylation sites is 2. The van der Waals surface area contributed by atoms with E-state index in [1.807, 2.05) is 4.72 Å². The lowest BCUT2D eigenvalue weighted by molar-refractivity contribution is -0.143. The molecule has 316 valence electrons. The molecule has 4 aliphatic carbocycles. The summed E-state index contributed by atoms with van der Waals surface area (Å²) in [5, 5.41) is 4.20. The number of amides is 4. The maximum absolute atomic E-state index is 16.3. The van der Waals surface area contributed by atoms with Crippen LogP contribution in [0.4, 0.5) is 22.4 Å². The topological polar surface area (TPSA) is 186 Å². The number of rotatable bonds is 6. The van der Waals surface area contributed by atoms with Gasteiger partial charge < -0.3 is 25.0 Å². The lowest BCUT2D eigenvalue weighted by atomic mass is 9.85. The van der Waals surface area contributed by atoms with Crippen LogP contribution in [-0.2, 0) is 35.1 Å². The monoisotopic (exact) mass is 836 g/mol. The van der Waals surface area contributed by atoms with E-state index in [9.17, 15) is 36.4 Å². The van der Waals surface area contributed by atoms with Gasteiger partial charge in [0.25, 0.3) is 11.8 Å². The zero-order valence-corrected chi connectivity index (χ0v) is 33.2. The molecule has 2 aromatic rings. The quantitative estimate of drug-likeness (QED) is 0.349. The van der Waals surface area contributed by atoms with Gasteiger partial charge in [0.1, 0.15) is 29.8 Å². The number of halogens is 4. The van der Waals surface area contributed by atoms with E-state index in [4.69, 9.17) is 9.47 Å². The average Bonchev–Trinajstić information content (AvgIpc) is 4.08. The Hall–Kier alpha value is -4.29. The molecule has 14 nitrogen and oxygen atoms in total. The highest BCUT2D eigenvalue weighted by molar-refractivity contribution is 7.91. The van der Waals surface area contributed by atoms with Crippen molar-refractivity contribution in [2.75, 3.05) is 6.54 Å². The zero-order chi connectivity index (χ0) is 41.5. The molecule has 4 saturated carbocycles. The highest BCUT2D eigenvalue weighted by atomic mass is 32.2. The molecule has 2 aliphatic heterocycles. The van der Waals surface area contributed by atoms with Crippen LogP contribution in [0.1, 0.15) is 90.7 Å². The number of carbonyl (C=O) groups excluding carboxylic acids is 4. The maximum atomic E-state index is 16.3. The SMILES string of the molecule is CC(C)(C)[C@@H]1NC(=O)O[C@@H]2C[C@@H]3C[C@@H]3[C@H]2CCCCC(F)(F)c2nc3ccccc3nc2O[C@@H]2C[C@@H](C(=O)N[C@]3(C(=O)NS(=O)(=O)C4CC4)CC3C(F)F)N(C2)C1=O. The van der Waals surface area contributed by atoms with Crippen molar-refractivity contribution < 1.29 is 54.6 Å². The Morgan fingerprint density at radius 2 is 1.69 bits per heavy atom. The second-order valence-corrected chi connectivity index (χ2v) is 20.0. The van der Waals surface area contributed by atoms with Gasteiger partial charge in [-0.2, -0.15) is 8.78 Å². The molecule has 6 aliphatic rings. The number of sulfonamides is 1. The number of benzene rings is 1. The van der Waals surface area contributed by atoms with Gasteiger partial charge in [-0.1, -0.05) is 39.3 Å². The lowest BCUT2D eigenvalue weighted by Gasteiger charge is -2.36. The van der Waals surface area contributed by atoms with Crippen LogP contribution in [0.2, 0.25) is 0 Å². The third kappa shape index (κ3) is 7.78. The molecule has 1 unspecified atom stereocenters. The van der Waals surface area contributed by atoms with Crippen LogP contribution in [0.5, 0.6) is 5.88 Å². The Balaban J connectivity index is 1.15. The molecule has 1 saturated heterocycles. The Labute approximate surface area is 333 Å².